The number of methoxy groups -OCH3 is 1. The van der Waals surface area contributed by atoms with Crippen LogP contribution in [-0.4, -0.2) is 35.9 Å². The number of rotatable bonds is 10. The summed E-state index contributed by atoms with van der Waals surface area (Å²) in [6, 6.07) is 14.3. The number of guanidine groups is 1. The Bertz CT molecular complexity index is 923. The van der Waals surface area contributed by atoms with Crippen LogP contribution >= 0.6 is 24.0 Å². The lowest BCUT2D eigenvalue weighted by Gasteiger charge is -2.13. The zero-order valence-electron chi connectivity index (χ0n) is 18.4. The molecule has 0 bridgehead atoms. The lowest BCUT2D eigenvalue weighted by atomic mass is 10.1. The summed E-state index contributed by atoms with van der Waals surface area (Å²) in [4.78, 5) is 4.81. The quantitative estimate of drug-likeness (QED) is 0.234. The summed E-state index contributed by atoms with van der Waals surface area (Å²) in [5.74, 6) is 2.48. The van der Waals surface area contributed by atoms with Gasteiger partial charge < -0.3 is 19.8 Å². The number of aliphatic imine (C=N–C) groups is 1. The van der Waals surface area contributed by atoms with Crippen LogP contribution < -0.4 is 15.4 Å². The molecule has 0 unspecified atom stereocenters. The minimum atomic E-state index is 0. The van der Waals surface area contributed by atoms with Crippen LogP contribution in [0.4, 0.5) is 0 Å². The molecule has 168 valence electrons. The summed E-state index contributed by atoms with van der Waals surface area (Å²) in [6.45, 7) is 4.12. The average molecular weight is 537 g/mol. The molecule has 0 aliphatic carbocycles. The standard InChI is InChI=1S/C23H31N5O2.HI/c1-4-21-20(22(29-3)28(2)27-21)17-26-23(25-15-13-19-11-8-16-30-19)24-14-12-18-9-6-5-7-10-18;/h5-11,16H,4,12-15,17H2,1-3H3,(H2,24,25,26);1H. The van der Waals surface area contributed by atoms with Gasteiger partial charge in [0.15, 0.2) is 5.96 Å². The lowest BCUT2D eigenvalue weighted by Crippen LogP contribution is -2.39. The molecule has 0 spiro atoms. The number of aryl methyl sites for hydroxylation is 2. The predicted molar refractivity (Wildman–Crippen MR) is 134 cm³/mol. The van der Waals surface area contributed by atoms with E-state index in [9.17, 15) is 0 Å². The molecule has 0 saturated carbocycles. The van der Waals surface area contributed by atoms with Gasteiger partial charge in [0, 0.05) is 26.6 Å². The van der Waals surface area contributed by atoms with Crippen LogP contribution in [0.2, 0.25) is 0 Å². The normalized spacial score (nSPS) is 11.1. The third kappa shape index (κ3) is 7.30. The molecule has 3 aromatic rings. The molecular formula is C23H32IN5O2. The van der Waals surface area contributed by atoms with Crippen LogP contribution in [0, 0.1) is 0 Å². The molecule has 0 aliphatic rings. The summed E-state index contributed by atoms with van der Waals surface area (Å²) in [5, 5.41) is 11.4. The highest BCUT2D eigenvalue weighted by atomic mass is 127. The summed E-state index contributed by atoms with van der Waals surface area (Å²) in [7, 11) is 3.57. The van der Waals surface area contributed by atoms with Gasteiger partial charge in [0.2, 0.25) is 5.88 Å². The van der Waals surface area contributed by atoms with Crippen molar-refractivity contribution in [2.24, 2.45) is 12.0 Å². The third-order valence-corrected chi connectivity index (χ3v) is 4.89. The Kier molecular flexibility index (Phi) is 10.4. The van der Waals surface area contributed by atoms with Gasteiger partial charge in [-0.25, -0.2) is 9.67 Å². The van der Waals surface area contributed by atoms with Crippen molar-refractivity contribution in [2.75, 3.05) is 20.2 Å². The van der Waals surface area contributed by atoms with Crippen molar-refractivity contribution >= 4 is 29.9 Å². The highest BCUT2D eigenvalue weighted by Crippen LogP contribution is 2.22. The van der Waals surface area contributed by atoms with Crippen molar-refractivity contribution in [1.29, 1.82) is 0 Å². The van der Waals surface area contributed by atoms with E-state index in [-0.39, 0.29) is 24.0 Å². The van der Waals surface area contributed by atoms with E-state index in [1.165, 1.54) is 5.56 Å². The van der Waals surface area contributed by atoms with E-state index in [0.717, 1.165) is 61.2 Å². The summed E-state index contributed by atoms with van der Waals surface area (Å²) in [6.07, 6.45) is 4.26. The van der Waals surface area contributed by atoms with E-state index in [1.807, 2.05) is 25.2 Å². The molecule has 3 rings (SSSR count). The van der Waals surface area contributed by atoms with Crippen LogP contribution in [0.1, 0.15) is 29.5 Å². The van der Waals surface area contributed by atoms with E-state index in [1.54, 1.807) is 18.1 Å². The molecule has 1 aromatic carbocycles. The van der Waals surface area contributed by atoms with Crippen LogP contribution in [0.5, 0.6) is 5.88 Å². The number of benzene rings is 1. The molecular weight excluding hydrogens is 505 g/mol. The van der Waals surface area contributed by atoms with Gasteiger partial charge in [-0.05, 0) is 30.5 Å². The fraction of sp³-hybridized carbons (Fsp3) is 0.391. The molecule has 8 heteroatoms. The minimum absolute atomic E-state index is 0. The van der Waals surface area contributed by atoms with Gasteiger partial charge in [-0.15, -0.1) is 24.0 Å². The van der Waals surface area contributed by atoms with Crippen molar-refractivity contribution in [3.05, 3.63) is 71.3 Å². The molecule has 2 aromatic heterocycles. The van der Waals surface area contributed by atoms with Crippen LogP contribution in [-0.2, 0) is 32.9 Å². The van der Waals surface area contributed by atoms with Gasteiger partial charge in [-0.2, -0.15) is 5.10 Å². The van der Waals surface area contributed by atoms with Crippen molar-refractivity contribution in [3.63, 3.8) is 0 Å². The second-order valence-corrected chi connectivity index (χ2v) is 7.00. The molecule has 0 radical (unpaired) electrons. The van der Waals surface area contributed by atoms with Gasteiger partial charge in [-0.1, -0.05) is 37.3 Å². The zero-order valence-corrected chi connectivity index (χ0v) is 20.8. The number of furan rings is 1. The number of hydrogen-bond donors (Lipinski definition) is 2. The molecule has 2 heterocycles. The Morgan fingerprint density at radius 2 is 1.84 bits per heavy atom. The van der Waals surface area contributed by atoms with Crippen LogP contribution in [0.25, 0.3) is 0 Å². The molecule has 0 atom stereocenters. The molecule has 0 aliphatic heterocycles. The van der Waals surface area contributed by atoms with Gasteiger partial charge in [0.05, 0.1) is 31.2 Å². The highest BCUT2D eigenvalue weighted by molar-refractivity contribution is 14.0. The van der Waals surface area contributed by atoms with Crippen LogP contribution in [0.15, 0.2) is 58.1 Å². The maximum Gasteiger partial charge on any atom is 0.216 e. The lowest BCUT2D eigenvalue weighted by molar-refractivity contribution is 0.369. The zero-order chi connectivity index (χ0) is 21.2. The van der Waals surface area contributed by atoms with Crippen molar-refractivity contribution in [3.8, 4) is 5.88 Å². The number of halogens is 1. The number of nitrogens with zero attached hydrogens (tertiary/aromatic N) is 3. The smallest absolute Gasteiger partial charge is 0.216 e. The molecule has 0 amide bonds. The topological polar surface area (TPSA) is 76.6 Å². The van der Waals surface area contributed by atoms with Gasteiger partial charge in [0.1, 0.15) is 5.76 Å². The summed E-state index contributed by atoms with van der Waals surface area (Å²) >= 11 is 0. The van der Waals surface area contributed by atoms with Crippen molar-refractivity contribution < 1.29 is 9.15 Å². The Morgan fingerprint density at radius 1 is 1.10 bits per heavy atom. The Morgan fingerprint density at radius 3 is 2.48 bits per heavy atom. The number of aromatic nitrogens is 2. The van der Waals surface area contributed by atoms with E-state index in [0.29, 0.717) is 6.54 Å². The Labute approximate surface area is 201 Å². The fourth-order valence-electron chi connectivity index (χ4n) is 3.37. The SMILES string of the molecule is CCc1nn(C)c(OC)c1CN=C(NCCc1ccccc1)NCCc1ccco1.I. The maximum absolute atomic E-state index is 5.54. The number of nitrogens with one attached hydrogen (secondary N) is 2. The number of hydrogen-bond acceptors (Lipinski definition) is 4. The Balaban J connectivity index is 0.00000341. The maximum atomic E-state index is 5.54. The van der Waals surface area contributed by atoms with E-state index >= 15 is 0 Å². The van der Waals surface area contributed by atoms with Gasteiger partial charge >= 0.3 is 0 Å². The largest absolute Gasteiger partial charge is 0.481 e. The molecule has 0 saturated heterocycles. The summed E-state index contributed by atoms with van der Waals surface area (Å²) in [5.41, 5.74) is 3.33. The first-order valence-corrected chi connectivity index (χ1v) is 10.4. The fourth-order valence-corrected chi connectivity index (χ4v) is 3.37. The second kappa shape index (κ2) is 13.0. The van der Waals surface area contributed by atoms with Gasteiger partial charge in [0.25, 0.3) is 0 Å². The number of ether oxygens (including phenoxy) is 1. The van der Waals surface area contributed by atoms with Gasteiger partial charge in [-0.3, -0.25) is 0 Å². The molecule has 2 N–H and O–H groups in total. The second-order valence-electron chi connectivity index (χ2n) is 7.00. The monoisotopic (exact) mass is 537 g/mol. The Hall–Kier alpha value is -2.49. The highest BCUT2D eigenvalue weighted by Gasteiger charge is 2.15. The first-order valence-electron chi connectivity index (χ1n) is 10.4. The van der Waals surface area contributed by atoms with Crippen molar-refractivity contribution in [1.82, 2.24) is 20.4 Å². The van der Waals surface area contributed by atoms with E-state index < -0.39 is 0 Å². The first kappa shape index (κ1) is 24.8. The predicted octanol–water partition coefficient (Wildman–Crippen LogP) is 3.72. The van der Waals surface area contributed by atoms with Crippen molar-refractivity contribution in [2.45, 2.75) is 32.7 Å². The van der Waals surface area contributed by atoms with Crippen LogP contribution in [0.3, 0.4) is 0 Å². The van der Waals surface area contributed by atoms with E-state index in [4.69, 9.17) is 14.1 Å². The minimum Gasteiger partial charge on any atom is -0.481 e. The average Bonchev–Trinajstić information content (AvgIpc) is 3.39. The third-order valence-electron chi connectivity index (χ3n) is 4.89. The molecule has 0 fully saturated rings. The summed E-state index contributed by atoms with van der Waals surface area (Å²) < 4.78 is 12.7. The first-order chi connectivity index (χ1) is 14.7. The molecule has 31 heavy (non-hydrogen) atoms. The van der Waals surface area contributed by atoms with E-state index in [2.05, 4.69) is 46.9 Å². The molecule has 7 nitrogen and oxygen atoms in total.